The summed E-state index contributed by atoms with van der Waals surface area (Å²) in [5.74, 6) is 0. The first-order chi connectivity index (χ1) is 8.95. The van der Waals surface area contributed by atoms with Gasteiger partial charge >= 0.3 is 6.18 Å². The fourth-order valence-corrected chi connectivity index (χ4v) is 1.83. The monoisotopic (exact) mass is 275 g/mol. The van der Waals surface area contributed by atoms with E-state index in [1.165, 1.54) is 0 Å². The van der Waals surface area contributed by atoms with Gasteiger partial charge in [-0.3, -0.25) is 0 Å². The molecule has 0 fully saturated rings. The summed E-state index contributed by atoms with van der Waals surface area (Å²) >= 11 is 0. The lowest BCUT2D eigenvalue weighted by Gasteiger charge is -2.23. The van der Waals surface area contributed by atoms with Gasteiger partial charge in [-0.25, -0.2) is 0 Å². The SMILES string of the molecule is CCCCN[C@@H](C[C@@H](O)C(F)(F)F)c1ccccc1. The summed E-state index contributed by atoms with van der Waals surface area (Å²) in [6.45, 7) is 2.66. The van der Waals surface area contributed by atoms with E-state index in [9.17, 15) is 18.3 Å². The average Bonchev–Trinajstić information content (AvgIpc) is 2.37. The second kappa shape index (κ2) is 7.50. The standard InChI is InChI=1S/C14H20F3NO/c1-2-3-9-18-12(10-13(19)14(15,16)17)11-7-5-4-6-8-11/h4-8,12-13,18-19H,2-3,9-10H2,1H3/t12-,13+/m0/s1. The Bertz CT molecular complexity index is 353. The first-order valence-electron chi connectivity index (χ1n) is 6.48. The van der Waals surface area contributed by atoms with E-state index in [-0.39, 0.29) is 6.42 Å². The fourth-order valence-electron chi connectivity index (χ4n) is 1.83. The summed E-state index contributed by atoms with van der Waals surface area (Å²) in [5.41, 5.74) is 0.766. The average molecular weight is 275 g/mol. The molecule has 1 aromatic rings. The van der Waals surface area contributed by atoms with Crippen molar-refractivity contribution in [2.24, 2.45) is 0 Å². The Morgan fingerprint density at radius 2 is 1.84 bits per heavy atom. The molecule has 2 atom stereocenters. The highest BCUT2D eigenvalue weighted by molar-refractivity contribution is 5.19. The highest BCUT2D eigenvalue weighted by atomic mass is 19.4. The third-order valence-electron chi connectivity index (χ3n) is 2.96. The fraction of sp³-hybridized carbons (Fsp3) is 0.571. The quantitative estimate of drug-likeness (QED) is 0.747. The first kappa shape index (κ1) is 16.0. The molecule has 0 unspecified atom stereocenters. The van der Waals surface area contributed by atoms with Crippen molar-refractivity contribution in [1.29, 1.82) is 0 Å². The Balaban J connectivity index is 2.70. The topological polar surface area (TPSA) is 32.3 Å². The zero-order valence-corrected chi connectivity index (χ0v) is 11.0. The van der Waals surface area contributed by atoms with Gasteiger partial charge in [-0.05, 0) is 18.5 Å². The van der Waals surface area contributed by atoms with Crippen LogP contribution in [0.3, 0.4) is 0 Å². The Morgan fingerprint density at radius 3 is 2.37 bits per heavy atom. The molecule has 0 aliphatic carbocycles. The van der Waals surface area contributed by atoms with Crippen LogP contribution in [0.15, 0.2) is 30.3 Å². The molecule has 0 heterocycles. The number of hydrogen-bond donors (Lipinski definition) is 2. The maximum atomic E-state index is 12.4. The van der Waals surface area contributed by atoms with Crippen molar-refractivity contribution < 1.29 is 18.3 Å². The van der Waals surface area contributed by atoms with Gasteiger partial charge in [-0.2, -0.15) is 13.2 Å². The molecule has 0 radical (unpaired) electrons. The predicted molar refractivity (Wildman–Crippen MR) is 68.8 cm³/mol. The zero-order valence-electron chi connectivity index (χ0n) is 11.0. The second-order valence-electron chi connectivity index (χ2n) is 4.56. The van der Waals surface area contributed by atoms with Crippen LogP contribution in [0, 0.1) is 0 Å². The van der Waals surface area contributed by atoms with Crippen LogP contribution in [0.2, 0.25) is 0 Å². The van der Waals surface area contributed by atoms with E-state index >= 15 is 0 Å². The number of nitrogens with one attached hydrogen (secondary N) is 1. The molecule has 2 nitrogen and oxygen atoms in total. The highest BCUT2D eigenvalue weighted by Crippen LogP contribution is 2.28. The van der Waals surface area contributed by atoms with Crippen LogP contribution in [0.5, 0.6) is 0 Å². The van der Waals surface area contributed by atoms with E-state index in [1.807, 2.05) is 13.0 Å². The lowest BCUT2D eigenvalue weighted by atomic mass is 10.00. The molecule has 2 N–H and O–H groups in total. The van der Waals surface area contributed by atoms with Crippen LogP contribution in [0.25, 0.3) is 0 Å². The van der Waals surface area contributed by atoms with Gasteiger partial charge in [0.25, 0.3) is 0 Å². The molecule has 0 bridgehead atoms. The number of aliphatic hydroxyl groups is 1. The maximum absolute atomic E-state index is 12.4. The molecule has 0 saturated heterocycles. The number of rotatable bonds is 7. The predicted octanol–water partition coefficient (Wildman–Crippen LogP) is 3.43. The van der Waals surface area contributed by atoms with Gasteiger partial charge in [0.15, 0.2) is 6.10 Å². The maximum Gasteiger partial charge on any atom is 0.414 e. The van der Waals surface area contributed by atoms with Gasteiger partial charge in [-0.1, -0.05) is 43.7 Å². The van der Waals surface area contributed by atoms with E-state index in [1.54, 1.807) is 24.3 Å². The van der Waals surface area contributed by atoms with Crippen molar-refractivity contribution in [3.8, 4) is 0 Å². The lowest BCUT2D eigenvalue weighted by Crippen LogP contribution is -2.34. The van der Waals surface area contributed by atoms with E-state index in [4.69, 9.17) is 0 Å². The lowest BCUT2D eigenvalue weighted by molar-refractivity contribution is -0.207. The van der Waals surface area contributed by atoms with Crippen molar-refractivity contribution in [2.75, 3.05) is 6.54 Å². The van der Waals surface area contributed by atoms with Gasteiger partial charge in [0.05, 0.1) is 0 Å². The zero-order chi connectivity index (χ0) is 14.3. The van der Waals surface area contributed by atoms with Crippen LogP contribution in [-0.4, -0.2) is 23.9 Å². The number of benzene rings is 1. The number of aliphatic hydroxyl groups excluding tert-OH is 1. The minimum Gasteiger partial charge on any atom is -0.384 e. The van der Waals surface area contributed by atoms with Crippen molar-refractivity contribution >= 4 is 0 Å². The van der Waals surface area contributed by atoms with Crippen molar-refractivity contribution in [3.05, 3.63) is 35.9 Å². The van der Waals surface area contributed by atoms with Crippen LogP contribution in [0.1, 0.15) is 37.8 Å². The Kier molecular flexibility index (Phi) is 6.31. The van der Waals surface area contributed by atoms with Gasteiger partial charge in [0.1, 0.15) is 0 Å². The number of hydrogen-bond acceptors (Lipinski definition) is 2. The Hall–Kier alpha value is -1.07. The molecule has 0 aliphatic heterocycles. The smallest absolute Gasteiger partial charge is 0.384 e. The first-order valence-corrected chi connectivity index (χ1v) is 6.48. The molecular formula is C14H20F3NO. The third-order valence-corrected chi connectivity index (χ3v) is 2.96. The van der Waals surface area contributed by atoms with E-state index in [0.29, 0.717) is 6.54 Å². The summed E-state index contributed by atoms with van der Waals surface area (Å²) in [6, 6.07) is 8.43. The molecule has 5 heteroatoms. The molecule has 1 aromatic carbocycles. The summed E-state index contributed by atoms with van der Waals surface area (Å²) in [4.78, 5) is 0. The molecule has 0 spiro atoms. The van der Waals surface area contributed by atoms with Crippen LogP contribution in [-0.2, 0) is 0 Å². The third kappa shape index (κ3) is 5.61. The molecular weight excluding hydrogens is 255 g/mol. The molecule has 108 valence electrons. The number of unbranched alkanes of at least 4 members (excludes halogenated alkanes) is 1. The number of halogens is 3. The van der Waals surface area contributed by atoms with E-state index in [2.05, 4.69) is 5.32 Å². The van der Waals surface area contributed by atoms with Crippen LogP contribution >= 0.6 is 0 Å². The van der Waals surface area contributed by atoms with Gasteiger partial charge in [-0.15, -0.1) is 0 Å². The Labute approximate surface area is 111 Å². The normalized spacial score (nSPS) is 15.2. The minimum absolute atomic E-state index is 0.364. The van der Waals surface area contributed by atoms with E-state index in [0.717, 1.165) is 18.4 Å². The highest BCUT2D eigenvalue weighted by Gasteiger charge is 2.39. The van der Waals surface area contributed by atoms with E-state index < -0.39 is 18.3 Å². The Morgan fingerprint density at radius 1 is 1.21 bits per heavy atom. The van der Waals surface area contributed by atoms with Gasteiger partial charge in [0.2, 0.25) is 0 Å². The molecule has 0 aromatic heterocycles. The summed E-state index contributed by atoms with van der Waals surface area (Å²) < 4.78 is 37.3. The molecule has 19 heavy (non-hydrogen) atoms. The molecule has 0 amide bonds. The molecule has 0 saturated carbocycles. The van der Waals surface area contributed by atoms with Crippen molar-refractivity contribution in [3.63, 3.8) is 0 Å². The van der Waals surface area contributed by atoms with Crippen LogP contribution in [0.4, 0.5) is 13.2 Å². The largest absolute Gasteiger partial charge is 0.414 e. The minimum atomic E-state index is -4.57. The number of alkyl halides is 3. The summed E-state index contributed by atoms with van der Waals surface area (Å²) in [5, 5.41) is 12.3. The van der Waals surface area contributed by atoms with Crippen molar-refractivity contribution in [1.82, 2.24) is 5.32 Å². The van der Waals surface area contributed by atoms with Gasteiger partial charge < -0.3 is 10.4 Å². The van der Waals surface area contributed by atoms with Crippen LogP contribution < -0.4 is 5.32 Å². The van der Waals surface area contributed by atoms with Crippen molar-refractivity contribution in [2.45, 2.75) is 44.5 Å². The van der Waals surface area contributed by atoms with Gasteiger partial charge in [0, 0.05) is 12.5 Å². The summed E-state index contributed by atoms with van der Waals surface area (Å²) in [6.07, 6.45) is -5.37. The molecule has 1 rings (SSSR count). The molecule has 0 aliphatic rings. The summed E-state index contributed by atoms with van der Waals surface area (Å²) in [7, 11) is 0. The second-order valence-corrected chi connectivity index (χ2v) is 4.56.